The molecule has 0 fully saturated rings. The van der Waals surface area contributed by atoms with E-state index in [0.717, 1.165) is 11.3 Å². The van der Waals surface area contributed by atoms with Crippen molar-refractivity contribution in [3.63, 3.8) is 0 Å². The van der Waals surface area contributed by atoms with Crippen LogP contribution in [0.3, 0.4) is 0 Å². The number of nitrogens with zero attached hydrogens (tertiary/aromatic N) is 1. The zero-order chi connectivity index (χ0) is 14.5. The Kier molecular flexibility index (Phi) is 4.35. The molecule has 0 spiro atoms. The van der Waals surface area contributed by atoms with Gasteiger partial charge in [0.1, 0.15) is 11.6 Å². The van der Waals surface area contributed by atoms with Gasteiger partial charge in [0.05, 0.1) is 0 Å². The number of anilines is 1. The van der Waals surface area contributed by atoms with Gasteiger partial charge >= 0.3 is 0 Å². The molecule has 2 rings (SSSR count). The third-order valence-corrected chi connectivity index (χ3v) is 2.84. The summed E-state index contributed by atoms with van der Waals surface area (Å²) in [5.41, 5.74) is 2.01. The Morgan fingerprint density at radius 2 is 1.85 bits per heavy atom. The maximum Gasteiger partial charge on any atom is 0.266 e. The summed E-state index contributed by atoms with van der Waals surface area (Å²) in [6, 6.07) is 13.1. The molecular formula is C16H18N2O2. The predicted octanol–water partition coefficient (Wildman–Crippen LogP) is 3.10. The zero-order valence-electron chi connectivity index (χ0n) is 11.9. The van der Waals surface area contributed by atoms with Gasteiger partial charge in [0.15, 0.2) is 6.10 Å². The maximum atomic E-state index is 12.0. The van der Waals surface area contributed by atoms with Crippen LogP contribution < -0.4 is 10.1 Å². The number of amides is 1. The van der Waals surface area contributed by atoms with Gasteiger partial charge in [-0.1, -0.05) is 23.8 Å². The van der Waals surface area contributed by atoms with Gasteiger partial charge in [-0.05, 0) is 45.0 Å². The number of benzene rings is 1. The Hall–Kier alpha value is -2.36. The fourth-order valence-electron chi connectivity index (χ4n) is 1.72. The average molecular weight is 270 g/mol. The highest BCUT2D eigenvalue weighted by Crippen LogP contribution is 2.14. The van der Waals surface area contributed by atoms with E-state index in [9.17, 15) is 4.79 Å². The Labute approximate surface area is 118 Å². The van der Waals surface area contributed by atoms with Crippen molar-refractivity contribution >= 4 is 11.7 Å². The highest BCUT2D eigenvalue weighted by atomic mass is 16.5. The van der Waals surface area contributed by atoms with Crippen molar-refractivity contribution in [2.75, 3.05) is 5.32 Å². The lowest BCUT2D eigenvalue weighted by atomic mass is 10.2. The van der Waals surface area contributed by atoms with E-state index in [1.54, 1.807) is 13.0 Å². The summed E-state index contributed by atoms with van der Waals surface area (Å²) in [5, 5.41) is 2.74. The fourth-order valence-corrected chi connectivity index (χ4v) is 1.72. The topological polar surface area (TPSA) is 51.2 Å². The normalized spacial score (nSPS) is 11.8. The number of hydrogen-bond acceptors (Lipinski definition) is 3. The number of carbonyl (C=O) groups is 1. The quantitative estimate of drug-likeness (QED) is 0.928. The highest BCUT2D eigenvalue weighted by molar-refractivity contribution is 5.93. The SMILES string of the molecule is Cc1ccc(O[C@H](C)C(=O)Nc2cccc(C)n2)cc1. The molecule has 1 amide bonds. The largest absolute Gasteiger partial charge is 0.481 e. The summed E-state index contributed by atoms with van der Waals surface area (Å²) in [6.07, 6.45) is -0.583. The molecule has 1 heterocycles. The van der Waals surface area contributed by atoms with Crippen molar-refractivity contribution in [1.29, 1.82) is 0 Å². The molecule has 0 aliphatic heterocycles. The first-order chi connectivity index (χ1) is 9.54. The van der Waals surface area contributed by atoms with Crippen LogP contribution in [0.4, 0.5) is 5.82 Å². The molecule has 1 aromatic heterocycles. The molecule has 0 bridgehead atoms. The van der Waals surface area contributed by atoms with E-state index < -0.39 is 6.10 Å². The van der Waals surface area contributed by atoms with Crippen LogP contribution in [0.5, 0.6) is 5.75 Å². The minimum Gasteiger partial charge on any atom is -0.481 e. The van der Waals surface area contributed by atoms with E-state index in [0.29, 0.717) is 11.6 Å². The van der Waals surface area contributed by atoms with Gasteiger partial charge in [-0.3, -0.25) is 4.79 Å². The van der Waals surface area contributed by atoms with Crippen LogP contribution in [0.15, 0.2) is 42.5 Å². The van der Waals surface area contributed by atoms with E-state index in [-0.39, 0.29) is 5.91 Å². The Bertz CT molecular complexity index is 594. The Balaban J connectivity index is 1.96. The third kappa shape index (κ3) is 3.82. The number of rotatable bonds is 4. The second-order valence-electron chi connectivity index (χ2n) is 4.73. The first-order valence-electron chi connectivity index (χ1n) is 6.52. The number of ether oxygens (including phenoxy) is 1. The summed E-state index contributed by atoms with van der Waals surface area (Å²) >= 11 is 0. The minimum absolute atomic E-state index is 0.219. The summed E-state index contributed by atoms with van der Waals surface area (Å²) in [4.78, 5) is 16.2. The van der Waals surface area contributed by atoms with Gasteiger partial charge in [-0.15, -0.1) is 0 Å². The smallest absolute Gasteiger partial charge is 0.266 e. The van der Waals surface area contributed by atoms with Crippen molar-refractivity contribution in [3.8, 4) is 5.75 Å². The lowest BCUT2D eigenvalue weighted by Crippen LogP contribution is -2.30. The lowest BCUT2D eigenvalue weighted by molar-refractivity contribution is -0.122. The van der Waals surface area contributed by atoms with Crippen LogP contribution in [0.2, 0.25) is 0 Å². The van der Waals surface area contributed by atoms with Crippen LogP contribution in [0.1, 0.15) is 18.2 Å². The summed E-state index contributed by atoms with van der Waals surface area (Å²) in [5.74, 6) is 0.994. The molecule has 0 saturated heterocycles. The van der Waals surface area contributed by atoms with E-state index in [1.807, 2.05) is 50.2 Å². The van der Waals surface area contributed by atoms with E-state index in [2.05, 4.69) is 10.3 Å². The van der Waals surface area contributed by atoms with Crippen LogP contribution in [0.25, 0.3) is 0 Å². The summed E-state index contributed by atoms with van der Waals surface area (Å²) < 4.78 is 5.59. The number of aryl methyl sites for hydroxylation is 2. The van der Waals surface area contributed by atoms with Gasteiger partial charge in [0.2, 0.25) is 0 Å². The average Bonchev–Trinajstić information content (AvgIpc) is 2.41. The molecule has 104 valence electrons. The van der Waals surface area contributed by atoms with Gasteiger partial charge in [-0.2, -0.15) is 0 Å². The van der Waals surface area contributed by atoms with Crippen LogP contribution in [-0.2, 0) is 4.79 Å². The molecule has 1 atom stereocenters. The van der Waals surface area contributed by atoms with Gasteiger partial charge in [-0.25, -0.2) is 4.98 Å². The standard InChI is InChI=1S/C16H18N2O2/c1-11-7-9-14(10-8-11)20-13(3)16(19)18-15-6-4-5-12(2)17-15/h4-10,13H,1-3H3,(H,17,18,19)/t13-/m1/s1. The molecule has 0 aliphatic rings. The van der Waals surface area contributed by atoms with Crippen molar-refractivity contribution < 1.29 is 9.53 Å². The van der Waals surface area contributed by atoms with E-state index in [1.165, 1.54) is 0 Å². The maximum absolute atomic E-state index is 12.0. The first-order valence-corrected chi connectivity index (χ1v) is 6.52. The number of carbonyl (C=O) groups excluding carboxylic acids is 1. The second kappa shape index (κ2) is 6.19. The summed E-state index contributed by atoms with van der Waals surface area (Å²) in [6.45, 7) is 5.59. The van der Waals surface area contributed by atoms with Crippen LogP contribution in [-0.4, -0.2) is 17.0 Å². The second-order valence-corrected chi connectivity index (χ2v) is 4.73. The molecular weight excluding hydrogens is 252 g/mol. The number of pyridine rings is 1. The van der Waals surface area contributed by atoms with Gasteiger partial charge < -0.3 is 10.1 Å². The van der Waals surface area contributed by atoms with Crippen molar-refractivity contribution in [2.45, 2.75) is 26.9 Å². The van der Waals surface area contributed by atoms with E-state index >= 15 is 0 Å². The first kappa shape index (κ1) is 14.1. The van der Waals surface area contributed by atoms with Crippen LogP contribution >= 0.6 is 0 Å². The predicted molar refractivity (Wildman–Crippen MR) is 78.9 cm³/mol. The molecule has 20 heavy (non-hydrogen) atoms. The number of hydrogen-bond donors (Lipinski definition) is 1. The fraction of sp³-hybridized carbons (Fsp3) is 0.250. The Morgan fingerprint density at radius 1 is 1.15 bits per heavy atom. The molecule has 4 nitrogen and oxygen atoms in total. The molecule has 1 aromatic carbocycles. The molecule has 0 radical (unpaired) electrons. The monoisotopic (exact) mass is 270 g/mol. The molecule has 0 unspecified atom stereocenters. The van der Waals surface area contributed by atoms with Gasteiger partial charge in [0.25, 0.3) is 5.91 Å². The van der Waals surface area contributed by atoms with Crippen molar-refractivity contribution in [1.82, 2.24) is 4.98 Å². The molecule has 2 aromatic rings. The highest BCUT2D eigenvalue weighted by Gasteiger charge is 2.15. The number of nitrogens with one attached hydrogen (secondary N) is 1. The zero-order valence-corrected chi connectivity index (χ0v) is 11.9. The Morgan fingerprint density at radius 3 is 2.50 bits per heavy atom. The number of aromatic nitrogens is 1. The van der Waals surface area contributed by atoms with Crippen molar-refractivity contribution in [3.05, 3.63) is 53.7 Å². The molecule has 0 saturated carbocycles. The van der Waals surface area contributed by atoms with E-state index in [4.69, 9.17) is 4.74 Å². The van der Waals surface area contributed by atoms with Crippen LogP contribution in [0, 0.1) is 13.8 Å². The molecule has 0 aliphatic carbocycles. The third-order valence-electron chi connectivity index (χ3n) is 2.84. The van der Waals surface area contributed by atoms with Gasteiger partial charge in [0, 0.05) is 5.69 Å². The van der Waals surface area contributed by atoms with Crippen molar-refractivity contribution in [2.24, 2.45) is 0 Å². The lowest BCUT2D eigenvalue weighted by Gasteiger charge is -2.14. The molecule has 4 heteroatoms. The molecule has 1 N–H and O–H groups in total. The minimum atomic E-state index is -0.583. The summed E-state index contributed by atoms with van der Waals surface area (Å²) in [7, 11) is 0.